The average Bonchev–Trinajstić information content (AvgIpc) is 3.13. The lowest BCUT2D eigenvalue weighted by Crippen LogP contribution is -2.29. The van der Waals surface area contributed by atoms with Gasteiger partial charge in [0.2, 0.25) is 0 Å². The van der Waals surface area contributed by atoms with Gasteiger partial charge in [-0.15, -0.1) is 0 Å². The highest BCUT2D eigenvalue weighted by Gasteiger charge is 2.31. The van der Waals surface area contributed by atoms with Crippen LogP contribution in [0, 0.1) is 29.1 Å². The van der Waals surface area contributed by atoms with Crippen LogP contribution in [0.1, 0.15) is 261 Å². The number of hydrogen-bond acceptors (Lipinski definition) is 4. The lowest BCUT2D eigenvalue weighted by atomic mass is 9.67. The standard InChI is InChI=1S/C49H96O4/c1-9-12-14-16-22-28-35-45(44(6)34-11-3)36-29-23-18-20-26-32-39-47(50)52-41-42-53-48(51)40-33-27-21-19-25-31-38-46(49(7,8)43(4)5)37-30-24-17-15-13-10-2/h43-46H,9-42H2,1-8H3. The maximum Gasteiger partial charge on any atom is 0.305 e. The molecule has 0 aliphatic heterocycles. The minimum atomic E-state index is -0.164. The third kappa shape index (κ3) is 30.8. The van der Waals surface area contributed by atoms with Crippen molar-refractivity contribution < 1.29 is 19.1 Å². The molecule has 0 fully saturated rings. The van der Waals surface area contributed by atoms with E-state index in [1.54, 1.807) is 0 Å². The molecule has 0 aromatic rings. The van der Waals surface area contributed by atoms with Crippen LogP contribution in [0.5, 0.6) is 0 Å². The maximum atomic E-state index is 12.2. The molecular formula is C49H96O4. The number of unbranched alkanes of at least 4 members (excludes halogenated alkanes) is 20. The lowest BCUT2D eigenvalue weighted by molar-refractivity contribution is -0.152. The van der Waals surface area contributed by atoms with Gasteiger partial charge >= 0.3 is 11.9 Å². The van der Waals surface area contributed by atoms with Crippen LogP contribution in [0.4, 0.5) is 0 Å². The lowest BCUT2D eigenvalue weighted by Gasteiger charge is -2.38. The van der Waals surface area contributed by atoms with Gasteiger partial charge in [-0.3, -0.25) is 9.59 Å². The molecule has 0 rings (SSSR count). The zero-order valence-electron chi connectivity index (χ0n) is 37.5. The highest BCUT2D eigenvalue weighted by Crippen LogP contribution is 2.41. The van der Waals surface area contributed by atoms with Gasteiger partial charge in [-0.05, 0) is 54.8 Å². The van der Waals surface area contributed by atoms with Crippen molar-refractivity contribution in [2.45, 2.75) is 261 Å². The van der Waals surface area contributed by atoms with Crippen LogP contribution in [-0.2, 0) is 19.1 Å². The summed E-state index contributed by atoms with van der Waals surface area (Å²) in [5, 5.41) is 0. The zero-order valence-corrected chi connectivity index (χ0v) is 37.5. The molecule has 0 aromatic carbocycles. The van der Waals surface area contributed by atoms with E-state index in [-0.39, 0.29) is 25.2 Å². The van der Waals surface area contributed by atoms with Crippen molar-refractivity contribution in [3.05, 3.63) is 0 Å². The number of hydrogen-bond donors (Lipinski definition) is 0. The third-order valence-electron chi connectivity index (χ3n) is 12.9. The quantitative estimate of drug-likeness (QED) is 0.0462. The van der Waals surface area contributed by atoms with E-state index in [1.165, 1.54) is 167 Å². The first-order valence-corrected chi connectivity index (χ1v) is 23.9. The van der Waals surface area contributed by atoms with Crippen molar-refractivity contribution in [2.75, 3.05) is 13.2 Å². The molecule has 0 aliphatic carbocycles. The fourth-order valence-corrected chi connectivity index (χ4v) is 8.33. The molecule has 316 valence electrons. The van der Waals surface area contributed by atoms with Gasteiger partial charge in [-0.2, -0.15) is 0 Å². The molecule has 0 aliphatic rings. The molecule has 0 saturated carbocycles. The molecule has 0 N–H and O–H groups in total. The Bertz CT molecular complexity index is 804. The summed E-state index contributed by atoms with van der Waals surface area (Å²) >= 11 is 0. The van der Waals surface area contributed by atoms with E-state index in [0.29, 0.717) is 18.3 Å². The van der Waals surface area contributed by atoms with E-state index in [2.05, 4.69) is 55.4 Å². The molecular weight excluding hydrogens is 653 g/mol. The van der Waals surface area contributed by atoms with Gasteiger partial charge < -0.3 is 9.47 Å². The third-order valence-corrected chi connectivity index (χ3v) is 12.9. The highest BCUT2D eigenvalue weighted by molar-refractivity contribution is 5.70. The fourth-order valence-electron chi connectivity index (χ4n) is 8.33. The predicted molar refractivity (Wildman–Crippen MR) is 231 cm³/mol. The normalized spacial score (nSPS) is 13.7. The average molecular weight is 749 g/mol. The Morgan fingerprint density at radius 2 is 0.774 bits per heavy atom. The summed E-state index contributed by atoms with van der Waals surface area (Å²) < 4.78 is 10.6. The fraction of sp³-hybridized carbons (Fsp3) is 0.959. The van der Waals surface area contributed by atoms with Crippen molar-refractivity contribution >= 4 is 11.9 Å². The van der Waals surface area contributed by atoms with Crippen molar-refractivity contribution in [1.29, 1.82) is 0 Å². The number of ether oxygens (including phenoxy) is 2. The van der Waals surface area contributed by atoms with Gasteiger partial charge in [0.05, 0.1) is 0 Å². The van der Waals surface area contributed by atoms with Crippen molar-refractivity contribution in [2.24, 2.45) is 29.1 Å². The molecule has 4 heteroatoms. The smallest absolute Gasteiger partial charge is 0.305 e. The summed E-state index contributed by atoms with van der Waals surface area (Å²) in [6, 6.07) is 0. The van der Waals surface area contributed by atoms with Gasteiger partial charge in [0.15, 0.2) is 0 Å². The van der Waals surface area contributed by atoms with Crippen LogP contribution in [-0.4, -0.2) is 25.2 Å². The Morgan fingerprint density at radius 3 is 1.13 bits per heavy atom. The van der Waals surface area contributed by atoms with Gasteiger partial charge in [0.1, 0.15) is 13.2 Å². The summed E-state index contributed by atoms with van der Waals surface area (Å²) in [6.07, 6.45) is 40.1. The summed E-state index contributed by atoms with van der Waals surface area (Å²) in [4.78, 5) is 24.3. The SMILES string of the molecule is CCCCCCCCC(CCCCCCCCC(=O)OCCOC(=O)CCCCCCCCC(CCCCCCCC)C(C)(C)C(C)C)C(C)CCC. The highest BCUT2D eigenvalue weighted by atomic mass is 16.6. The number of esters is 2. The van der Waals surface area contributed by atoms with E-state index in [1.807, 2.05) is 0 Å². The molecule has 3 unspecified atom stereocenters. The Hall–Kier alpha value is -1.06. The molecule has 0 heterocycles. The van der Waals surface area contributed by atoms with Crippen LogP contribution < -0.4 is 0 Å². The summed E-state index contributed by atoms with van der Waals surface area (Å²) in [5.41, 5.74) is 0.408. The minimum absolute atomic E-state index is 0.162. The van der Waals surface area contributed by atoms with E-state index < -0.39 is 0 Å². The molecule has 3 atom stereocenters. The second-order valence-corrected chi connectivity index (χ2v) is 18.1. The van der Waals surface area contributed by atoms with Crippen molar-refractivity contribution in [3.8, 4) is 0 Å². The van der Waals surface area contributed by atoms with Crippen LogP contribution in [0.25, 0.3) is 0 Å². The maximum absolute atomic E-state index is 12.2. The topological polar surface area (TPSA) is 52.6 Å². The van der Waals surface area contributed by atoms with Gasteiger partial charge in [-0.1, -0.05) is 222 Å². The zero-order chi connectivity index (χ0) is 39.4. The molecule has 0 radical (unpaired) electrons. The second kappa shape index (κ2) is 36.6. The van der Waals surface area contributed by atoms with E-state index in [9.17, 15) is 9.59 Å². The molecule has 0 aromatic heterocycles. The first-order chi connectivity index (χ1) is 25.6. The largest absolute Gasteiger partial charge is 0.462 e. The Balaban J connectivity index is 3.85. The summed E-state index contributed by atoms with van der Waals surface area (Å²) in [5.74, 6) is 2.98. The van der Waals surface area contributed by atoms with Crippen molar-refractivity contribution in [3.63, 3.8) is 0 Å². The van der Waals surface area contributed by atoms with Crippen LogP contribution in [0.3, 0.4) is 0 Å². The van der Waals surface area contributed by atoms with E-state index in [4.69, 9.17) is 9.47 Å². The molecule has 4 nitrogen and oxygen atoms in total. The molecule has 0 saturated heterocycles. The van der Waals surface area contributed by atoms with E-state index in [0.717, 1.165) is 49.4 Å². The van der Waals surface area contributed by atoms with Crippen LogP contribution in [0.2, 0.25) is 0 Å². The molecule has 0 bridgehead atoms. The molecule has 0 amide bonds. The Morgan fingerprint density at radius 1 is 0.434 bits per heavy atom. The van der Waals surface area contributed by atoms with Crippen LogP contribution >= 0.6 is 0 Å². The first-order valence-electron chi connectivity index (χ1n) is 23.9. The number of carbonyl (C=O) groups excluding carboxylic acids is 2. The van der Waals surface area contributed by atoms with Gasteiger partial charge in [-0.25, -0.2) is 0 Å². The summed E-state index contributed by atoms with van der Waals surface area (Å²) in [6.45, 7) is 19.5. The Labute approximate surface area is 333 Å². The number of carbonyl (C=O) groups is 2. The second-order valence-electron chi connectivity index (χ2n) is 18.1. The van der Waals surface area contributed by atoms with Crippen LogP contribution in [0.15, 0.2) is 0 Å². The summed E-state index contributed by atoms with van der Waals surface area (Å²) in [7, 11) is 0. The monoisotopic (exact) mass is 749 g/mol. The number of rotatable bonds is 40. The van der Waals surface area contributed by atoms with Gasteiger partial charge in [0.25, 0.3) is 0 Å². The Kier molecular flexibility index (Phi) is 35.8. The van der Waals surface area contributed by atoms with E-state index >= 15 is 0 Å². The van der Waals surface area contributed by atoms with Gasteiger partial charge in [0, 0.05) is 12.8 Å². The molecule has 53 heavy (non-hydrogen) atoms. The van der Waals surface area contributed by atoms with Crippen molar-refractivity contribution in [1.82, 2.24) is 0 Å². The first kappa shape index (κ1) is 51.9. The predicted octanol–water partition coefficient (Wildman–Crippen LogP) is 16.2. The minimum Gasteiger partial charge on any atom is -0.462 e. The molecule has 0 spiro atoms.